The van der Waals surface area contributed by atoms with Crippen LogP contribution >= 0.6 is 11.6 Å². The predicted octanol–water partition coefficient (Wildman–Crippen LogP) is 3.76. The average molecular weight is 327 g/mol. The molecule has 5 nitrogen and oxygen atoms in total. The monoisotopic (exact) mass is 326 g/mol. The molecule has 0 N–H and O–H groups in total. The number of carbonyl (C=O) groups excluding carboxylic acids is 1. The Morgan fingerprint density at radius 2 is 2.14 bits per heavy atom. The highest BCUT2D eigenvalue weighted by molar-refractivity contribution is 6.29. The molecule has 6 heteroatoms. The van der Waals surface area contributed by atoms with E-state index in [2.05, 4.69) is 18.8 Å². The second-order valence-corrected chi connectivity index (χ2v) is 7.63. The molecule has 1 aromatic heterocycles. The Kier molecular flexibility index (Phi) is 4.57. The number of hydrogen-bond acceptors (Lipinski definition) is 4. The van der Waals surface area contributed by atoms with Crippen molar-refractivity contribution in [2.45, 2.75) is 46.3 Å². The van der Waals surface area contributed by atoms with Gasteiger partial charge in [0.05, 0.1) is 12.2 Å². The first-order valence-corrected chi connectivity index (χ1v) is 7.70. The van der Waals surface area contributed by atoms with Gasteiger partial charge >= 0.3 is 6.09 Å². The lowest BCUT2D eigenvalue weighted by molar-refractivity contribution is -0.0779. The van der Waals surface area contributed by atoms with Crippen LogP contribution < -0.4 is 4.74 Å². The normalized spacial score (nSPS) is 20.3. The van der Waals surface area contributed by atoms with Gasteiger partial charge in [0.2, 0.25) is 0 Å². The minimum atomic E-state index is -0.498. The fourth-order valence-corrected chi connectivity index (χ4v) is 2.53. The Morgan fingerprint density at radius 3 is 2.64 bits per heavy atom. The second-order valence-electron chi connectivity index (χ2n) is 7.24. The number of amides is 1. The third-order valence-corrected chi connectivity index (χ3v) is 3.82. The third kappa shape index (κ3) is 4.03. The van der Waals surface area contributed by atoms with Crippen molar-refractivity contribution in [3.05, 3.63) is 23.5 Å². The highest BCUT2D eigenvalue weighted by Gasteiger charge is 2.49. The standard InChI is InChI=1S/C16H23ClN2O3/c1-15(2,3)22-14(20)19-10-16(4,5)12(19)9-21-11-6-7-13(17)18-8-11/h6-8,12H,9-10H2,1-5H3. The van der Waals surface area contributed by atoms with Crippen molar-refractivity contribution in [1.29, 1.82) is 0 Å². The maximum absolute atomic E-state index is 12.2. The number of ether oxygens (including phenoxy) is 2. The fraction of sp³-hybridized carbons (Fsp3) is 0.625. The van der Waals surface area contributed by atoms with Crippen LogP contribution in [0.25, 0.3) is 0 Å². The average Bonchev–Trinajstić information content (AvgIpc) is 2.36. The van der Waals surface area contributed by atoms with Crippen LogP contribution in [0.3, 0.4) is 0 Å². The molecule has 0 spiro atoms. The van der Waals surface area contributed by atoms with Gasteiger partial charge in [0.25, 0.3) is 0 Å². The number of likely N-dealkylation sites (tertiary alicyclic amines) is 1. The minimum absolute atomic E-state index is 0.00322. The van der Waals surface area contributed by atoms with E-state index in [1.807, 2.05) is 20.8 Å². The van der Waals surface area contributed by atoms with Gasteiger partial charge in [0, 0.05) is 12.0 Å². The molecule has 0 aliphatic carbocycles. The number of rotatable bonds is 3. The SMILES string of the molecule is CC(C)(C)OC(=O)N1CC(C)(C)C1COc1ccc(Cl)nc1. The predicted molar refractivity (Wildman–Crippen MR) is 85.3 cm³/mol. The highest BCUT2D eigenvalue weighted by atomic mass is 35.5. The van der Waals surface area contributed by atoms with E-state index in [9.17, 15) is 4.79 Å². The van der Waals surface area contributed by atoms with E-state index >= 15 is 0 Å². The summed E-state index contributed by atoms with van der Waals surface area (Å²) in [6, 6.07) is 3.41. The summed E-state index contributed by atoms with van der Waals surface area (Å²) in [6.07, 6.45) is 1.28. The van der Waals surface area contributed by atoms with Gasteiger partial charge in [0.1, 0.15) is 23.1 Å². The van der Waals surface area contributed by atoms with Crippen LogP contribution in [0.15, 0.2) is 18.3 Å². The van der Waals surface area contributed by atoms with Crippen molar-refractivity contribution >= 4 is 17.7 Å². The second kappa shape index (κ2) is 5.95. The fourth-order valence-electron chi connectivity index (χ4n) is 2.41. The summed E-state index contributed by atoms with van der Waals surface area (Å²) in [7, 11) is 0. The Labute approximate surface area is 136 Å². The van der Waals surface area contributed by atoms with Gasteiger partial charge in [-0.3, -0.25) is 0 Å². The maximum atomic E-state index is 12.2. The van der Waals surface area contributed by atoms with Crippen LogP contribution in [0, 0.1) is 5.41 Å². The highest BCUT2D eigenvalue weighted by Crippen LogP contribution is 2.38. The molecule has 0 aromatic carbocycles. The van der Waals surface area contributed by atoms with Gasteiger partial charge in [-0.25, -0.2) is 9.78 Å². The van der Waals surface area contributed by atoms with E-state index in [0.29, 0.717) is 24.1 Å². The molecule has 1 atom stereocenters. The Morgan fingerprint density at radius 1 is 1.45 bits per heavy atom. The third-order valence-electron chi connectivity index (χ3n) is 3.59. The van der Waals surface area contributed by atoms with Gasteiger partial charge in [0.15, 0.2) is 0 Å². The van der Waals surface area contributed by atoms with E-state index in [1.54, 1.807) is 23.2 Å². The molecule has 22 heavy (non-hydrogen) atoms. The summed E-state index contributed by atoms with van der Waals surface area (Å²) < 4.78 is 11.2. The molecule has 1 unspecified atom stereocenters. The molecule has 122 valence electrons. The number of aromatic nitrogens is 1. The number of hydrogen-bond donors (Lipinski definition) is 0. The Hall–Kier alpha value is -1.49. The van der Waals surface area contributed by atoms with Crippen molar-refractivity contribution in [1.82, 2.24) is 9.88 Å². The summed E-state index contributed by atoms with van der Waals surface area (Å²) in [5.74, 6) is 0.635. The van der Waals surface area contributed by atoms with E-state index in [-0.39, 0.29) is 17.6 Å². The molecule has 1 aromatic rings. The summed E-state index contributed by atoms with van der Waals surface area (Å²) in [6.45, 7) is 10.9. The summed E-state index contributed by atoms with van der Waals surface area (Å²) >= 11 is 5.75. The molecule has 1 fully saturated rings. The molecular weight excluding hydrogens is 304 g/mol. The van der Waals surface area contributed by atoms with Crippen molar-refractivity contribution < 1.29 is 14.3 Å². The number of pyridine rings is 1. The van der Waals surface area contributed by atoms with Crippen molar-refractivity contribution in [3.63, 3.8) is 0 Å². The molecule has 0 saturated carbocycles. The van der Waals surface area contributed by atoms with Crippen LogP contribution in [-0.4, -0.2) is 40.8 Å². The Balaban J connectivity index is 1.97. The topological polar surface area (TPSA) is 51.7 Å². The zero-order valence-electron chi connectivity index (χ0n) is 13.7. The molecule has 1 aliphatic heterocycles. The molecule has 0 radical (unpaired) electrons. The smallest absolute Gasteiger partial charge is 0.410 e. The van der Waals surface area contributed by atoms with E-state index < -0.39 is 5.60 Å². The summed E-state index contributed by atoms with van der Waals surface area (Å²) in [4.78, 5) is 17.9. The first-order chi connectivity index (χ1) is 10.1. The molecule has 0 bridgehead atoms. The number of halogens is 1. The van der Waals surface area contributed by atoms with Gasteiger partial charge in [-0.2, -0.15) is 0 Å². The Bertz CT molecular complexity index is 537. The van der Waals surface area contributed by atoms with Crippen molar-refractivity contribution in [2.75, 3.05) is 13.2 Å². The lowest BCUT2D eigenvalue weighted by atomic mass is 9.75. The number of nitrogens with zero attached hydrogens (tertiary/aromatic N) is 2. The molecule has 2 heterocycles. The minimum Gasteiger partial charge on any atom is -0.490 e. The molecule has 1 amide bonds. The van der Waals surface area contributed by atoms with Crippen LogP contribution in [0.4, 0.5) is 4.79 Å². The lowest BCUT2D eigenvalue weighted by Gasteiger charge is -2.53. The lowest BCUT2D eigenvalue weighted by Crippen LogP contribution is -2.66. The van der Waals surface area contributed by atoms with E-state index in [0.717, 1.165) is 0 Å². The molecular formula is C16H23ClN2O3. The maximum Gasteiger partial charge on any atom is 0.410 e. The van der Waals surface area contributed by atoms with Gasteiger partial charge in [-0.05, 0) is 32.9 Å². The molecule has 1 aliphatic rings. The largest absolute Gasteiger partial charge is 0.490 e. The summed E-state index contributed by atoms with van der Waals surface area (Å²) in [5.41, 5.74) is -0.501. The van der Waals surface area contributed by atoms with Gasteiger partial charge < -0.3 is 14.4 Å². The van der Waals surface area contributed by atoms with E-state index in [4.69, 9.17) is 21.1 Å². The van der Waals surface area contributed by atoms with Crippen LogP contribution in [0.2, 0.25) is 5.15 Å². The van der Waals surface area contributed by atoms with Crippen molar-refractivity contribution in [3.8, 4) is 5.75 Å². The van der Waals surface area contributed by atoms with Crippen LogP contribution in [0.1, 0.15) is 34.6 Å². The van der Waals surface area contributed by atoms with Crippen molar-refractivity contribution in [2.24, 2.45) is 5.41 Å². The quantitative estimate of drug-likeness (QED) is 0.794. The first-order valence-electron chi connectivity index (χ1n) is 7.32. The zero-order chi connectivity index (χ0) is 16.5. The number of carbonyl (C=O) groups is 1. The van der Waals surface area contributed by atoms with Gasteiger partial charge in [-0.15, -0.1) is 0 Å². The first kappa shape index (κ1) is 16.9. The summed E-state index contributed by atoms with van der Waals surface area (Å²) in [5, 5.41) is 0.423. The molecule has 1 saturated heterocycles. The van der Waals surface area contributed by atoms with Crippen LogP contribution in [0.5, 0.6) is 5.75 Å². The zero-order valence-corrected chi connectivity index (χ0v) is 14.5. The van der Waals surface area contributed by atoms with E-state index in [1.165, 1.54) is 0 Å². The molecule has 2 rings (SSSR count). The van der Waals surface area contributed by atoms with Crippen LogP contribution in [-0.2, 0) is 4.74 Å². The van der Waals surface area contributed by atoms with Gasteiger partial charge in [-0.1, -0.05) is 25.4 Å².